The van der Waals surface area contributed by atoms with Crippen molar-refractivity contribution in [3.05, 3.63) is 29.1 Å². The van der Waals surface area contributed by atoms with Crippen LogP contribution in [0.2, 0.25) is 0 Å². The minimum Gasteiger partial charge on any atom is -0.478 e. The second kappa shape index (κ2) is 5.13. The molecule has 0 saturated carbocycles. The van der Waals surface area contributed by atoms with Crippen LogP contribution in [0.25, 0.3) is 0 Å². The van der Waals surface area contributed by atoms with Gasteiger partial charge in [-0.3, -0.25) is 4.98 Å². The molecule has 4 nitrogen and oxygen atoms in total. The van der Waals surface area contributed by atoms with Crippen molar-refractivity contribution in [3.8, 4) is 0 Å². The van der Waals surface area contributed by atoms with Crippen molar-refractivity contribution < 1.29 is 27.8 Å². The Morgan fingerprint density at radius 2 is 2.18 bits per heavy atom. The number of hydrogen-bond donors (Lipinski definition) is 1. The Balaban J connectivity index is 2.64. The summed E-state index contributed by atoms with van der Waals surface area (Å²) in [4.78, 5) is 14.3. The number of rotatable bonds is 4. The van der Waals surface area contributed by atoms with E-state index in [4.69, 9.17) is 5.11 Å². The normalized spacial score (nSPS) is 11.5. The average Bonchev–Trinajstić information content (AvgIpc) is 2.18. The molecule has 0 spiro atoms. The fraction of sp³-hybridized carbons (Fsp3) is 0.400. The lowest BCUT2D eigenvalue weighted by Crippen LogP contribution is -2.17. The van der Waals surface area contributed by atoms with E-state index in [1.807, 2.05) is 0 Å². The van der Waals surface area contributed by atoms with Crippen LogP contribution >= 0.6 is 0 Å². The molecular formula is C10H10F3NO3. The summed E-state index contributed by atoms with van der Waals surface area (Å²) in [5.41, 5.74) is 0.758. The van der Waals surface area contributed by atoms with E-state index in [0.29, 0.717) is 11.3 Å². The highest BCUT2D eigenvalue weighted by Gasteiger charge is 2.27. The van der Waals surface area contributed by atoms with Gasteiger partial charge in [0.25, 0.3) is 0 Å². The molecule has 0 aliphatic rings. The molecule has 1 aromatic rings. The zero-order valence-corrected chi connectivity index (χ0v) is 8.91. The number of halogens is 3. The van der Waals surface area contributed by atoms with Gasteiger partial charge in [0.1, 0.15) is 6.61 Å². The number of alkyl halides is 3. The zero-order valence-electron chi connectivity index (χ0n) is 8.91. The van der Waals surface area contributed by atoms with Gasteiger partial charge in [-0.25, -0.2) is 4.79 Å². The molecule has 0 amide bonds. The van der Waals surface area contributed by atoms with Crippen molar-refractivity contribution in [2.45, 2.75) is 19.7 Å². The summed E-state index contributed by atoms with van der Waals surface area (Å²) >= 11 is 0. The van der Waals surface area contributed by atoms with Gasteiger partial charge in [-0.1, -0.05) is 0 Å². The van der Waals surface area contributed by atoms with Crippen LogP contribution in [0.5, 0.6) is 0 Å². The lowest BCUT2D eigenvalue weighted by atomic mass is 10.1. The van der Waals surface area contributed by atoms with Crippen LogP contribution in [0.15, 0.2) is 12.3 Å². The molecule has 17 heavy (non-hydrogen) atoms. The lowest BCUT2D eigenvalue weighted by Gasteiger charge is -2.09. The Hall–Kier alpha value is -1.63. The number of pyridine rings is 1. The summed E-state index contributed by atoms with van der Waals surface area (Å²) in [6.45, 7) is -0.0915. The smallest absolute Gasteiger partial charge is 0.411 e. The average molecular weight is 249 g/mol. The van der Waals surface area contributed by atoms with Gasteiger partial charge in [-0.15, -0.1) is 0 Å². The van der Waals surface area contributed by atoms with Crippen molar-refractivity contribution in [2.75, 3.05) is 6.61 Å². The standard InChI is InChI=1S/C10H10F3NO3/c1-6-2-7(9(15)16)3-14-8(6)4-17-5-10(11,12)13/h2-3H,4-5H2,1H3,(H,15,16). The third-order valence-corrected chi connectivity index (χ3v) is 1.94. The van der Waals surface area contributed by atoms with Gasteiger partial charge in [-0.05, 0) is 18.6 Å². The molecule has 1 N–H and O–H groups in total. The van der Waals surface area contributed by atoms with Gasteiger partial charge in [0.15, 0.2) is 0 Å². The van der Waals surface area contributed by atoms with Gasteiger partial charge in [-0.2, -0.15) is 13.2 Å². The maximum Gasteiger partial charge on any atom is 0.411 e. The van der Waals surface area contributed by atoms with Crippen molar-refractivity contribution in [2.24, 2.45) is 0 Å². The quantitative estimate of drug-likeness (QED) is 0.888. The Labute approximate surface area is 95.0 Å². The molecule has 1 rings (SSSR count). The highest BCUT2D eigenvalue weighted by molar-refractivity contribution is 5.87. The Morgan fingerprint density at radius 1 is 1.53 bits per heavy atom. The lowest BCUT2D eigenvalue weighted by molar-refractivity contribution is -0.176. The predicted molar refractivity (Wildman–Crippen MR) is 51.6 cm³/mol. The van der Waals surface area contributed by atoms with Crippen LogP contribution in [0.4, 0.5) is 13.2 Å². The maximum absolute atomic E-state index is 11.8. The molecule has 1 aromatic heterocycles. The molecule has 0 aliphatic carbocycles. The van der Waals surface area contributed by atoms with Gasteiger partial charge in [0, 0.05) is 6.20 Å². The first kappa shape index (κ1) is 13.4. The van der Waals surface area contributed by atoms with Crippen LogP contribution < -0.4 is 0 Å². The van der Waals surface area contributed by atoms with Crippen molar-refractivity contribution in [1.29, 1.82) is 0 Å². The van der Waals surface area contributed by atoms with E-state index < -0.39 is 18.8 Å². The van der Waals surface area contributed by atoms with Crippen LogP contribution in [0, 0.1) is 6.92 Å². The molecule has 0 atom stereocenters. The van der Waals surface area contributed by atoms with Gasteiger partial charge >= 0.3 is 12.1 Å². The summed E-state index contributed by atoms with van der Waals surface area (Å²) in [7, 11) is 0. The third kappa shape index (κ3) is 4.39. The minimum absolute atomic E-state index is 0.0120. The highest BCUT2D eigenvalue weighted by atomic mass is 19.4. The number of carboxylic acids is 1. The number of nitrogens with zero attached hydrogens (tertiary/aromatic N) is 1. The zero-order chi connectivity index (χ0) is 13.1. The summed E-state index contributed by atoms with van der Waals surface area (Å²) in [5.74, 6) is -1.14. The van der Waals surface area contributed by atoms with E-state index in [0.717, 1.165) is 6.20 Å². The van der Waals surface area contributed by atoms with Crippen LogP contribution in [-0.2, 0) is 11.3 Å². The molecule has 0 fully saturated rings. The maximum atomic E-state index is 11.8. The first-order valence-corrected chi connectivity index (χ1v) is 4.63. The Bertz CT molecular complexity index is 418. The molecular weight excluding hydrogens is 239 g/mol. The van der Waals surface area contributed by atoms with E-state index >= 15 is 0 Å². The number of aromatic nitrogens is 1. The summed E-state index contributed by atoms with van der Waals surface area (Å²) < 4.78 is 39.8. The van der Waals surface area contributed by atoms with Crippen LogP contribution in [-0.4, -0.2) is 28.8 Å². The first-order valence-electron chi connectivity index (χ1n) is 4.63. The van der Waals surface area contributed by atoms with Crippen molar-refractivity contribution in [3.63, 3.8) is 0 Å². The van der Waals surface area contributed by atoms with Crippen molar-refractivity contribution in [1.82, 2.24) is 4.98 Å². The topological polar surface area (TPSA) is 59.4 Å². The van der Waals surface area contributed by atoms with Crippen molar-refractivity contribution >= 4 is 5.97 Å². The second-order valence-corrected chi connectivity index (χ2v) is 3.40. The summed E-state index contributed by atoms with van der Waals surface area (Å²) in [6, 6.07) is 1.33. The number of aryl methyl sites for hydroxylation is 1. The Kier molecular flexibility index (Phi) is 4.06. The molecule has 1 heterocycles. The molecule has 0 radical (unpaired) electrons. The SMILES string of the molecule is Cc1cc(C(=O)O)cnc1COCC(F)(F)F. The fourth-order valence-electron chi connectivity index (χ4n) is 1.13. The van der Waals surface area contributed by atoms with Crippen LogP contribution in [0.1, 0.15) is 21.6 Å². The van der Waals surface area contributed by atoms with Gasteiger partial charge in [0.05, 0.1) is 17.9 Å². The molecule has 0 aromatic carbocycles. The summed E-state index contributed by atoms with van der Waals surface area (Å²) in [6.07, 6.45) is -3.30. The number of hydrogen-bond acceptors (Lipinski definition) is 3. The number of carbonyl (C=O) groups is 1. The highest BCUT2D eigenvalue weighted by Crippen LogP contribution is 2.16. The number of ether oxygens (including phenoxy) is 1. The van der Waals surface area contributed by atoms with E-state index in [-0.39, 0.29) is 12.2 Å². The summed E-state index contributed by atoms with van der Waals surface area (Å²) in [5, 5.41) is 8.66. The first-order chi connectivity index (χ1) is 7.79. The van der Waals surface area contributed by atoms with E-state index in [2.05, 4.69) is 9.72 Å². The second-order valence-electron chi connectivity index (χ2n) is 3.40. The minimum atomic E-state index is -4.38. The molecule has 0 aliphatic heterocycles. The molecule has 0 unspecified atom stereocenters. The number of aromatic carboxylic acids is 1. The van der Waals surface area contributed by atoms with Crippen LogP contribution in [0.3, 0.4) is 0 Å². The predicted octanol–water partition coefficient (Wildman–Crippen LogP) is 2.17. The van der Waals surface area contributed by atoms with E-state index in [9.17, 15) is 18.0 Å². The molecule has 0 saturated heterocycles. The monoisotopic (exact) mass is 249 g/mol. The number of carboxylic acid groups (broad SMARTS) is 1. The fourth-order valence-corrected chi connectivity index (χ4v) is 1.13. The Morgan fingerprint density at radius 3 is 2.65 bits per heavy atom. The largest absolute Gasteiger partial charge is 0.478 e. The molecule has 0 bridgehead atoms. The van der Waals surface area contributed by atoms with E-state index in [1.54, 1.807) is 6.92 Å². The van der Waals surface area contributed by atoms with Gasteiger partial charge < -0.3 is 9.84 Å². The molecule has 94 valence electrons. The third-order valence-electron chi connectivity index (χ3n) is 1.94. The van der Waals surface area contributed by atoms with E-state index in [1.165, 1.54) is 6.07 Å². The van der Waals surface area contributed by atoms with Gasteiger partial charge in [0.2, 0.25) is 0 Å². The molecule has 7 heteroatoms.